The van der Waals surface area contributed by atoms with Crippen LogP contribution in [-0.4, -0.2) is 44.1 Å². The molecule has 1 aromatic rings. The van der Waals surface area contributed by atoms with Crippen LogP contribution >= 0.6 is 0 Å². The fourth-order valence-electron chi connectivity index (χ4n) is 1.21. The minimum absolute atomic E-state index is 0.0835. The summed E-state index contributed by atoms with van der Waals surface area (Å²) in [5.41, 5.74) is 4.91. The number of nitrogens with two attached hydrogens (primary N) is 1. The number of nitrogens with one attached hydrogen (secondary N) is 2. The van der Waals surface area contributed by atoms with Crippen molar-refractivity contribution in [2.24, 2.45) is 5.73 Å². The van der Waals surface area contributed by atoms with Gasteiger partial charge in [0.05, 0.1) is 0 Å². The van der Waals surface area contributed by atoms with Crippen LogP contribution in [0.15, 0.2) is 0 Å². The summed E-state index contributed by atoms with van der Waals surface area (Å²) in [6, 6.07) is -1.20. The number of aryl methyl sites for hydroxylation is 1. The fourth-order valence-corrected chi connectivity index (χ4v) is 1.21. The molecule has 5 N–H and O–H groups in total. The highest BCUT2D eigenvalue weighted by Gasteiger charge is 2.22. The molecule has 9 nitrogen and oxygen atoms in total. The van der Waals surface area contributed by atoms with E-state index in [1.165, 1.54) is 0 Å². The van der Waals surface area contributed by atoms with Gasteiger partial charge in [-0.05, 0) is 13.3 Å². The Morgan fingerprint density at radius 3 is 2.61 bits per heavy atom. The lowest BCUT2D eigenvalue weighted by Crippen LogP contribution is -2.41. The third-order valence-electron chi connectivity index (χ3n) is 2.08. The first-order valence-electron chi connectivity index (χ1n) is 5.11. The molecule has 0 unspecified atom stereocenters. The second kappa shape index (κ2) is 5.75. The topological polar surface area (TPSA) is 151 Å². The summed E-state index contributed by atoms with van der Waals surface area (Å²) >= 11 is 0. The van der Waals surface area contributed by atoms with E-state index in [2.05, 4.69) is 20.5 Å². The van der Waals surface area contributed by atoms with Crippen LogP contribution in [-0.2, 0) is 9.59 Å². The van der Waals surface area contributed by atoms with Crippen molar-refractivity contribution in [3.05, 3.63) is 11.6 Å². The first-order chi connectivity index (χ1) is 8.40. The molecule has 0 fully saturated rings. The van der Waals surface area contributed by atoms with E-state index in [1.807, 2.05) is 0 Å². The van der Waals surface area contributed by atoms with Crippen LogP contribution < -0.4 is 11.1 Å². The summed E-state index contributed by atoms with van der Waals surface area (Å²) in [6.45, 7) is 1.60. The molecule has 9 heteroatoms. The first-order valence-corrected chi connectivity index (χ1v) is 5.11. The third-order valence-corrected chi connectivity index (χ3v) is 2.08. The third kappa shape index (κ3) is 3.85. The lowest BCUT2D eigenvalue weighted by Gasteiger charge is -2.11. The minimum atomic E-state index is -1.25. The molecule has 0 aromatic carbocycles. The van der Waals surface area contributed by atoms with Crippen molar-refractivity contribution < 1.29 is 19.5 Å². The molecule has 0 spiro atoms. The van der Waals surface area contributed by atoms with Crippen LogP contribution in [0.1, 0.15) is 29.3 Å². The van der Waals surface area contributed by atoms with Crippen LogP contribution in [0.3, 0.4) is 0 Å². The summed E-state index contributed by atoms with van der Waals surface area (Å²) in [5, 5.41) is 17.1. The quantitative estimate of drug-likeness (QED) is 0.488. The Morgan fingerprint density at radius 2 is 2.17 bits per heavy atom. The number of carboxylic acids is 1. The van der Waals surface area contributed by atoms with Gasteiger partial charge < -0.3 is 16.2 Å². The maximum atomic E-state index is 11.6. The second-order valence-corrected chi connectivity index (χ2v) is 3.61. The second-order valence-electron chi connectivity index (χ2n) is 3.61. The molecule has 0 saturated carbocycles. The van der Waals surface area contributed by atoms with Gasteiger partial charge >= 0.3 is 5.97 Å². The zero-order chi connectivity index (χ0) is 13.7. The van der Waals surface area contributed by atoms with Gasteiger partial charge in [0.1, 0.15) is 11.9 Å². The van der Waals surface area contributed by atoms with Crippen LogP contribution in [0.25, 0.3) is 0 Å². The van der Waals surface area contributed by atoms with E-state index in [0.29, 0.717) is 5.82 Å². The summed E-state index contributed by atoms with van der Waals surface area (Å²) < 4.78 is 0. The molecular formula is C9H13N5O4. The first kappa shape index (κ1) is 13.6. The average Bonchev–Trinajstić information content (AvgIpc) is 2.70. The predicted octanol–water partition coefficient (Wildman–Crippen LogP) is -1.44. The SMILES string of the molecule is Cc1nc(C(=O)N[C@H](CCC(N)=O)C(=O)O)n[nH]1. The molecule has 1 rings (SSSR count). The molecule has 1 atom stereocenters. The molecule has 18 heavy (non-hydrogen) atoms. The molecule has 0 bridgehead atoms. The Morgan fingerprint density at radius 1 is 1.50 bits per heavy atom. The van der Waals surface area contributed by atoms with Crippen molar-refractivity contribution in [3.63, 3.8) is 0 Å². The van der Waals surface area contributed by atoms with Crippen molar-refractivity contribution in [2.75, 3.05) is 0 Å². The van der Waals surface area contributed by atoms with Crippen molar-refractivity contribution in [1.82, 2.24) is 20.5 Å². The number of aromatic amines is 1. The minimum Gasteiger partial charge on any atom is -0.480 e. The van der Waals surface area contributed by atoms with Crippen LogP contribution in [0.4, 0.5) is 0 Å². The number of aromatic nitrogens is 3. The van der Waals surface area contributed by atoms with E-state index in [-0.39, 0.29) is 18.7 Å². The predicted molar refractivity (Wildman–Crippen MR) is 58.4 cm³/mol. The standard InChI is InChI=1S/C9H13N5O4/c1-4-11-7(14-13-4)8(16)12-5(9(17)18)2-3-6(10)15/h5H,2-3H2,1H3,(H2,10,15)(H,12,16)(H,17,18)(H,11,13,14)/t5-/m1/s1. The smallest absolute Gasteiger partial charge is 0.326 e. The zero-order valence-electron chi connectivity index (χ0n) is 9.64. The Labute approximate surface area is 102 Å². The van der Waals surface area contributed by atoms with Crippen molar-refractivity contribution >= 4 is 17.8 Å². The average molecular weight is 255 g/mol. The number of H-pyrrole nitrogens is 1. The molecule has 1 heterocycles. The van der Waals surface area contributed by atoms with E-state index in [4.69, 9.17) is 10.8 Å². The summed E-state index contributed by atoms with van der Waals surface area (Å²) in [7, 11) is 0. The number of nitrogens with zero attached hydrogens (tertiary/aromatic N) is 2. The Hall–Kier alpha value is -2.45. The van der Waals surface area contributed by atoms with Crippen LogP contribution in [0.2, 0.25) is 0 Å². The molecule has 0 radical (unpaired) electrons. The number of primary amides is 1. The van der Waals surface area contributed by atoms with Gasteiger partial charge in [0.15, 0.2) is 0 Å². The Balaban J connectivity index is 2.63. The van der Waals surface area contributed by atoms with Gasteiger partial charge in [-0.3, -0.25) is 14.7 Å². The Bertz CT molecular complexity index is 469. The molecular weight excluding hydrogens is 242 g/mol. The van der Waals surface area contributed by atoms with Gasteiger partial charge in [0.2, 0.25) is 11.7 Å². The molecule has 0 aliphatic carbocycles. The van der Waals surface area contributed by atoms with E-state index in [1.54, 1.807) is 6.92 Å². The van der Waals surface area contributed by atoms with Gasteiger partial charge in [0, 0.05) is 6.42 Å². The van der Waals surface area contributed by atoms with Gasteiger partial charge in [-0.2, -0.15) is 0 Å². The van der Waals surface area contributed by atoms with Gasteiger partial charge in [0.25, 0.3) is 5.91 Å². The van der Waals surface area contributed by atoms with E-state index in [0.717, 1.165) is 0 Å². The van der Waals surface area contributed by atoms with Crippen LogP contribution in [0.5, 0.6) is 0 Å². The monoisotopic (exact) mass is 255 g/mol. The van der Waals surface area contributed by atoms with Crippen molar-refractivity contribution in [2.45, 2.75) is 25.8 Å². The largest absolute Gasteiger partial charge is 0.480 e. The summed E-state index contributed by atoms with van der Waals surface area (Å²) in [6.07, 6.45) is -0.218. The number of hydrogen-bond acceptors (Lipinski definition) is 5. The lowest BCUT2D eigenvalue weighted by molar-refractivity contribution is -0.139. The van der Waals surface area contributed by atoms with Crippen LogP contribution in [0, 0.1) is 6.92 Å². The maximum Gasteiger partial charge on any atom is 0.326 e. The number of carbonyl (C=O) groups is 3. The number of hydrogen-bond donors (Lipinski definition) is 4. The molecule has 98 valence electrons. The lowest BCUT2D eigenvalue weighted by atomic mass is 10.1. The summed E-state index contributed by atoms with van der Waals surface area (Å²) in [5.74, 6) is -2.33. The normalized spacial score (nSPS) is 11.8. The molecule has 1 aromatic heterocycles. The molecule has 0 aliphatic rings. The number of aliphatic carboxylic acids is 1. The maximum absolute atomic E-state index is 11.6. The van der Waals surface area contributed by atoms with Crippen molar-refractivity contribution in [3.8, 4) is 0 Å². The highest BCUT2D eigenvalue weighted by molar-refractivity contribution is 5.93. The van der Waals surface area contributed by atoms with E-state index >= 15 is 0 Å². The molecule has 0 saturated heterocycles. The summed E-state index contributed by atoms with van der Waals surface area (Å²) in [4.78, 5) is 36.8. The number of carboxylic acid groups (broad SMARTS) is 1. The van der Waals surface area contributed by atoms with Gasteiger partial charge in [-0.1, -0.05) is 0 Å². The number of amides is 2. The highest BCUT2D eigenvalue weighted by Crippen LogP contribution is 1.99. The number of rotatable bonds is 6. The number of carbonyl (C=O) groups excluding carboxylic acids is 2. The Kier molecular flexibility index (Phi) is 4.35. The molecule has 2 amide bonds. The zero-order valence-corrected chi connectivity index (χ0v) is 9.64. The van der Waals surface area contributed by atoms with E-state index in [9.17, 15) is 14.4 Å². The van der Waals surface area contributed by atoms with E-state index < -0.39 is 23.8 Å². The highest BCUT2D eigenvalue weighted by atomic mass is 16.4. The molecule has 0 aliphatic heterocycles. The van der Waals surface area contributed by atoms with Gasteiger partial charge in [-0.15, -0.1) is 5.10 Å². The fraction of sp³-hybridized carbons (Fsp3) is 0.444. The van der Waals surface area contributed by atoms with Crippen molar-refractivity contribution in [1.29, 1.82) is 0 Å². The van der Waals surface area contributed by atoms with Gasteiger partial charge in [-0.25, -0.2) is 9.78 Å².